The highest BCUT2D eigenvalue weighted by atomic mass is 16.5. The molecule has 0 atom stereocenters. The maximum atomic E-state index is 13.2. The van der Waals surface area contributed by atoms with Crippen molar-refractivity contribution < 1.29 is 29.0 Å². The number of carbonyl (C=O) groups excluding carboxylic acids is 2. The number of methoxy groups -OCH3 is 1. The second-order valence-corrected chi connectivity index (χ2v) is 9.65. The number of ketones is 1. The topological polar surface area (TPSA) is 126 Å². The molecule has 0 fully saturated rings. The summed E-state index contributed by atoms with van der Waals surface area (Å²) in [4.78, 5) is 36.2. The smallest absolute Gasteiger partial charge is 0.323 e. The minimum Gasteiger partial charge on any atom is -0.493 e. The van der Waals surface area contributed by atoms with Crippen molar-refractivity contribution in [3.8, 4) is 11.5 Å². The fourth-order valence-electron chi connectivity index (χ4n) is 3.81. The number of hydrogen-bond donors (Lipinski definition) is 4. The number of Topliss-reactive ketones (excluding diaryl/α,β-unsaturated/α-hetero) is 1. The highest BCUT2D eigenvalue weighted by Crippen LogP contribution is 2.32. The van der Waals surface area contributed by atoms with Gasteiger partial charge in [-0.2, -0.15) is 0 Å². The molecule has 0 saturated carbocycles. The number of amides is 2. The van der Waals surface area contributed by atoms with Crippen molar-refractivity contribution in [1.29, 1.82) is 0 Å². The van der Waals surface area contributed by atoms with E-state index in [0.717, 1.165) is 16.8 Å². The lowest BCUT2D eigenvalue weighted by Crippen LogP contribution is -2.41. The second-order valence-electron chi connectivity index (χ2n) is 9.65. The maximum Gasteiger partial charge on any atom is 0.323 e. The van der Waals surface area contributed by atoms with Gasteiger partial charge in [-0.15, -0.1) is 0 Å². The van der Waals surface area contributed by atoms with Crippen molar-refractivity contribution in [2.45, 2.75) is 45.6 Å². The SMILES string of the molecule is COc1ccc(NC(C)(C)C(=O)Cc2ccc(NC(=O)Nc3ccccc3C)cc2)cc1OCCCC(=O)O. The molecule has 0 bridgehead atoms. The Morgan fingerprint density at radius 1 is 0.897 bits per heavy atom. The highest BCUT2D eigenvalue weighted by Gasteiger charge is 2.27. The van der Waals surface area contributed by atoms with Gasteiger partial charge in [0.1, 0.15) is 0 Å². The van der Waals surface area contributed by atoms with E-state index < -0.39 is 11.5 Å². The average Bonchev–Trinajstić information content (AvgIpc) is 2.89. The number of nitrogens with one attached hydrogen (secondary N) is 3. The first-order valence-electron chi connectivity index (χ1n) is 12.6. The van der Waals surface area contributed by atoms with Crippen LogP contribution in [0.5, 0.6) is 11.5 Å². The number of ether oxygens (including phenoxy) is 2. The quantitative estimate of drug-likeness (QED) is 0.202. The molecule has 3 aromatic rings. The fraction of sp³-hybridized carbons (Fsp3) is 0.300. The Morgan fingerprint density at radius 2 is 1.59 bits per heavy atom. The number of carboxylic acid groups (broad SMARTS) is 1. The van der Waals surface area contributed by atoms with Gasteiger partial charge >= 0.3 is 12.0 Å². The highest BCUT2D eigenvalue weighted by molar-refractivity contribution is 6.00. The molecule has 39 heavy (non-hydrogen) atoms. The molecule has 0 aliphatic carbocycles. The molecule has 0 saturated heterocycles. The van der Waals surface area contributed by atoms with E-state index in [4.69, 9.17) is 14.6 Å². The van der Waals surface area contributed by atoms with Crippen LogP contribution < -0.4 is 25.4 Å². The monoisotopic (exact) mass is 533 g/mol. The van der Waals surface area contributed by atoms with Crippen molar-refractivity contribution in [2.24, 2.45) is 0 Å². The van der Waals surface area contributed by atoms with E-state index in [2.05, 4.69) is 16.0 Å². The summed E-state index contributed by atoms with van der Waals surface area (Å²) in [7, 11) is 1.53. The lowest BCUT2D eigenvalue weighted by Gasteiger charge is -2.27. The third-order valence-electron chi connectivity index (χ3n) is 6.08. The van der Waals surface area contributed by atoms with Crippen LogP contribution in [0.2, 0.25) is 0 Å². The Balaban J connectivity index is 1.57. The summed E-state index contributed by atoms with van der Waals surface area (Å²) < 4.78 is 11.1. The van der Waals surface area contributed by atoms with Gasteiger partial charge in [-0.1, -0.05) is 30.3 Å². The molecule has 2 amide bonds. The summed E-state index contributed by atoms with van der Waals surface area (Å²) in [5, 5.41) is 17.7. The summed E-state index contributed by atoms with van der Waals surface area (Å²) in [5.41, 5.74) is 2.91. The largest absolute Gasteiger partial charge is 0.493 e. The molecule has 3 aromatic carbocycles. The molecule has 0 radical (unpaired) electrons. The van der Waals surface area contributed by atoms with Crippen molar-refractivity contribution in [2.75, 3.05) is 29.7 Å². The standard InChI is InChI=1S/C30H35N3O6/c1-20-8-5-6-9-24(20)32-29(37)31-22-13-11-21(12-14-22)18-27(34)30(2,3)33-23-15-16-25(38-4)26(19-23)39-17-7-10-28(35)36/h5-6,8-9,11-16,19,33H,7,10,17-18H2,1-4H3,(H,35,36)(H2,31,32,37). The van der Waals surface area contributed by atoms with Gasteiger partial charge in [0.2, 0.25) is 0 Å². The Kier molecular flexibility index (Phi) is 9.92. The molecule has 0 aliphatic rings. The van der Waals surface area contributed by atoms with Crippen molar-refractivity contribution >= 4 is 34.8 Å². The number of aryl methyl sites for hydroxylation is 1. The molecule has 9 heteroatoms. The van der Waals surface area contributed by atoms with Gasteiger partial charge in [-0.05, 0) is 68.7 Å². The Labute approximate surface area is 228 Å². The number of urea groups is 1. The van der Waals surface area contributed by atoms with Crippen LogP contribution in [-0.2, 0) is 16.0 Å². The second kappa shape index (κ2) is 13.3. The first kappa shape index (κ1) is 29.0. The Bertz CT molecular complexity index is 1300. The van der Waals surface area contributed by atoms with Crippen LogP contribution in [0.1, 0.15) is 37.8 Å². The molecular weight excluding hydrogens is 498 g/mol. The van der Waals surface area contributed by atoms with Crippen molar-refractivity contribution in [3.05, 3.63) is 77.9 Å². The number of aliphatic carboxylic acids is 1. The summed E-state index contributed by atoms with van der Waals surface area (Å²) in [5.74, 6) is 0.0722. The summed E-state index contributed by atoms with van der Waals surface area (Å²) >= 11 is 0. The van der Waals surface area contributed by atoms with Crippen LogP contribution in [-0.4, -0.2) is 42.1 Å². The molecule has 4 N–H and O–H groups in total. The number of anilines is 3. The zero-order valence-electron chi connectivity index (χ0n) is 22.7. The fourth-order valence-corrected chi connectivity index (χ4v) is 3.81. The van der Waals surface area contributed by atoms with Crippen LogP contribution in [0.4, 0.5) is 21.9 Å². The van der Waals surface area contributed by atoms with E-state index in [1.807, 2.05) is 43.3 Å². The number of benzene rings is 3. The molecule has 3 rings (SSSR count). The van der Waals surface area contributed by atoms with Gasteiger partial charge in [0.15, 0.2) is 17.3 Å². The van der Waals surface area contributed by atoms with E-state index in [1.165, 1.54) is 7.11 Å². The molecule has 0 heterocycles. The van der Waals surface area contributed by atoms with Gasteiger partial charge in [-0.3, -0.25) is 9.59 Å². The van der Waals surface area contributed by atoms with Crippen LogP contribution in [0.3, 0.4) is 0 Å². The molecule has 0 unspecified atom stereocenters. The first-order valence-corrected chi connectivity index (χ1v) is 12.6. The molecule has 0 spiro atoms. The zero-order chi connectivity index (χ0) is 28.4. The van der Waals surface area contributed by atoms with Gasteiger partial charge in [-0.25, -0.2) is 4.79 Å². The predicted molar refractivity (Wildman–Crippen MR) is 152 cm³/mol. The molecule has 0 aliphatic heterocycles. The summed E-state index contributed by atoms with van der Waals surface area (Å²) in [6.45, 7) is 5.76. The summed E-state index contributed by atoms with van der Waals surface area (Å²) in [6, 6.07) is 19.6. The number of rotatable bonds is 13. The number of carboxylic acids is 1. The lowest BCUT2D eigenvalue weighted by atomic mass is 9.93. The first-order chi connectivity index (χ1) is 18.6. The number of carbonyl (C=O) groups is 3. The predicted octanol–water partition coefficient (Wildman–Crippen LogP) is 5.89. The molecule has 206 valence electrons. The molecular formula is C30H35N3O6. The third kappa shape index (κ3) is 8.77. The van der Waals surface area contributed by atoms with Crippen molar-refractivity contribution in [1.82, 2.24) is 0 Å². The third-order valence-corrected chi connectivity index (χ3v) is 6.08. The Morgan fingerprint density at radius 3 is 2.26 bits per heavy atom. The zero-order valence-corrected chi connectivity index (χ0v) is 22.7. The van der Waals surface area contributed by atoms with E-state index in [9.17, 15) is 14.4 Å². The average molecular weight is 534 g/mol. The minimum absolute atomic E-state index is 0.0133. The minimum atomic E-state index is -0.889. The van der Waals surface area contributed by atoms with E-state index in [-0.39, 0.29) is 31.3 Å². The van der Waals surface area contributed by atoms with Crippen LogP contribution in [0.15, 0.2) is 66.7 Å². The normalized spacial score (nSPS) is 10.9. The van der Waals surface area contributed by atoms with E-state index in [1.54, 1.807) is 44.2 Å². The maximum absolute atomic E-state index is 13.2. The van der Waals surface area contributed by atoms with Gasteiger partial charge < -0.3 is 30.5 Å². The van der Waals surface area contributed by atoms with E-state index >= 15 is 0 Å². The van der Waals surface area contributed by atoms with Gasteiger partial charge in [0.05, 0.1) is 19.3 Å². The van der Waals surface area contributed by atoms with Crippen LogP contribution in [0.25, 0.3) is 0 Å². The van der Waals surface area contributed by atoms with E-state index in [0.29, 0.717) is 29.3 Å². The van der Waals surface area contributed by atoms with Crippen LogP contribution >= 0.6 is 0 Å². The number of para-hydroxylation sites is 1. The number of hydrogen-bond acceptors (Lipinski definition) is 6. The van der Waals surface area contributed by atoms with Gasteiger partial charge in [0.25, 0.3) is 0 Å². The Hall–Kier alpha value is -4.53. The van der Waals surface area contributed by atoms with Crippen molar-refractivity contribution in [3.63, 3.8) is 0 Å². The lowest BCUT2D eigenvalue weighted by molar-refractivity contribution is -0.137. The molecule has 9 nitrogen and oxygen atoms in total. The molecule has 0 aromatic heterocycles. The van der Waals surface area contributed by atoms with Crippen LogP contribution in [0, 0.1) is 6.92 Å². The van der Waals surface area contributed by atoms with Gasteiger partial charge in [0, 0.05) is 36.0 Å². The summed E-state index contributed by atoms with van der Waals surface area (Å²) in [6.07, 6.45) is 0.579.